The summed E-state index contributed by atoms with van der Waals surface area (Å²) in [6, 6.07) is 7.80. The van der Waals surface area contributed by atoms with Crippen molar-refractivity contribution in [3.63, 3.8) is 0 Å². The van der Waals surface area contributed by atoms with E-state index in [2.05, 4.69) is 10.5 Å². The number of methoxy groups -OCH3 is 1. The van der Waals surface area contributed by atoms with Crippen molar-refractivity contribution >= 4 is 6.09 Å². The van der Waals surface area contributed by atoms with Gasteiger partial charge in [-0.2, -0.15) is 0 Å². The van der Waals surface area contributed by atoms with Crippen molar-refractivity contribution in [2.75, 3.05) is 13.7 Å². The van der Waals surface area contributed by atoms with Crippen molar-refractivity contribution in [3.8, 4) is 0 Å². The van der Waals surface area contributed by atoms with Crippen LogP contribution < -0.4 is 17.2 Å². The van der Waals surface area contributed by atoms with Crippen LogP contribution in [0.2, 0.25) is 0 Å². The summed E-state index contributed by atoms with van der Waals surface area (Å²) in [5.41, 5.74) is 17.7. The molecule has 0 saturated carbocycles. The third kappa shape index (κ3) is 7.61. The number of benzene rings is 1. The molecular formula is C12H21N3O3. The minimum Gasteiger partial charge on any atom is -0.453 e. The van der Waals surface area contributed by atoms with Crippen molar-refractivity contribution < 1.29 is 14.6 Å². The van der Waals surface area contributed by atoms with E-state index in [1.807, 2.05) is 24.3 Å². The normalized spacial score (nSPS) is 11.1. The predicted molar refractivity (Wildman–Crippen MR) is 69.7 cm³/mol. The van der Waals surface area contributed by atoms with E-state index in [1.54, 1.807) is 0 Å². The number of ether oxygens (including phenoxy) is 1. The summed E-state index contributed by atoms with van der Waals surface area (Å²) in [4.78, 5) is 9.37. The number of carbonyl (C=O) groups is 1. The lowest BCUT2D eigenvalue weighted by molar-refractivity contribution is 0.182. The molecular weight excluding hydrogens is 234 g/mol. The van der Waals surface area contributed by atoms with E-state index in [1.165, 1.54) is 7.11 Å². The molecule has 0 aliphatic rings. The van der Waals surface area contributed by atoms with Crippen molar-refractivity contribution in [3.05, 3.63) is 35.4 Å². The van der Waals surface area contributed by atoms with Gasteiger partial charge >= 0.3 is 6.09 Å². The molecule has 1 amide bonds. The Labute approximate surface area is 107 Å². The molecule has 1 rings (SSSR count). The number of rotatable bonds is 4. The maximum atomic E-state index is 9.37. The van der Waals surface area contributed by atoms with Crippen molar-refractivity contribution in [1.29, 1.82) is 0 Å². The van der Waals surface area contributed by atoms with Gasteiger partial charge in [0.2, 0.25) is 0 Å². The fraction of sp³-hybridized carbons (Fsp3) is 0.417. The second-order valence-corrected chi connectivity index (χ2v) is 3.69. The SMILES string of the molecule is COC(N)=O.NCc1ccc(CC(N)CO)cc1. The van der Waals surface area contributed by atoms with E-state index in [4.69, 9.17) is 16.6 Å². The van der Waals surface area contributed by atoms with Gasteiger partial charge in [-0.15, -0.1) is 0 Å². The highest BCUT2D eigenvalue weighted by atomic mass is 16.5. The minimum atomic E-state index is -0.745. The largest absolute Gasteiger partial charge is 0.453 e. The molecule has 1 aromatic carbocycles. The van der Waals surface area contributed by atoms with E-state index in [9.17, 15) is 4.79 Å². The molecule has 0 fully saturated rings. The molecule has 1 unspecified atom stereocenters. The maximum absolute atomic E-state index is 9.37. The topological polar surface area (TPSA) is 125 Å². The Morgan fingerprint density at radius 2 is 1.78 bits per heavy atom. The average Bonchev–Trinajstić information content (AvgIpc) is 2.40. The molecule has 0 radical (unpaired) electrons. The highest BCUT2D eigenvalue weighted by Crippen LogP contribution is 2.05. The van der Waals surface area contributed by atoms with Crippen LogP contribution in [0.1, 0.15) is 11.1 Å². The predicted octanol–water partition coefficient (Wildman–Crippen LogP) is -0.281. The van der Waals surface area contributed by atoms with Gasteiger partial charge in [0.1, 0.15) is 0 Å². The molecule has 0 aliphatic carbocycles. The number of carbonyl (C=O) groups excluding carboxylic acids is 1. The quantitative estimate of drug-likeness (QED) is 0.589. The standard InChI is InChI=1S/C10H16N2O.C2H5NO2/c11-6-9-3-1-8(2-4-9)5-10(12)7-13;1-5-2(3)4/h1-4,10,13H,5-7,11-12H2;1H3,(H2,3,4). The summed E-state index contributed by atoms with van der Waals surface area (Å²) in [6.07, 6.45) is -0.0357. The zero-order chi connectivity index (χ0) is 14.0. The summed E-state index contributed by atoms with van der Waals surface area (Å²) >= 11 is 0. The van der Waals surface area contributed by atoms with Gasteiger partial charge in [0.05, 0.1) is 13.7 Å². The third-order valence-electron chi connectivity index (χ3n) is 2.19. The molecule has 0 bridgehead atoms. The first-order chi connectivity index (χ1) is 8.53. The lowest BCUT2D eigenvalue weighted by atomic mass is 10.1. The second kappa shape index (κ2) is 9.41. The highest BCUT2D eigenvalue weighted by Gasteiger charge is 2.01. The molecule has 1 aromatic rings. The van der Waals surface area contributed by atoms with Gasteiger partial charge in [0, 0.05) is 12.6 Å². The molecule has 102 valence electrons. The van der Waals surface area contributed by atoms with Crippen LogP contribution in [-0.4, -0.2) is 31.0 Å². The molecule has 1 atom stereocenters. The molecule has 7 N–H and O–H groups in total. The average molecular weight is 255 g/mol. The minimum absolute atomic E-state index is 0.0264. The Bertz CT molecular complexity index is 341. The summed E-state index contributed by atoms with van der Waals surface area (Å²) in [5, 5.41) is 8.75. The molecule has 0 saturated heterocycles. The fourth-order valence-electron chi connectivity index (χ4n) is 1.18. The van der Waals surface area contributed by atoms with Crippen LogP contribution in [0.15, 0.2) is 24.3 Å². The number of aliphatic hydroxyl groups excluding tert-OH is 1. The number of primary amides is 1. The summed E-state index contributed by atoms with van der Waals surface area (Å²) in [6.45, 7) is 0.588. The van der Waals surface area contributed by atoms with Gasteiger partial charge in [-0.3, -0.25) is 0 Å². The molecule has 0 heterocycles. The second-order valence-electron chi connectivity index (χ2n) is 3.69. The third-order valence-corrected chi connectivity index (χ3v) is 2.19. The van der Waals surface area contributed by atoms with E-state index in [0.29, 0.717) is 13.0 Å². The maximum Gasteiger partial charge on any atom is 0.404 e. The van der Waals surface area contributed by atoms with Crippen LogP contribution in [0, 0.1) is 0 Å². The molecule has 0 spiro atoms. The Hall–Kier alpha value is -1.63. The van der Waals surface area contributed by atoms with Gasteiger partial charge < -0.3 is 27.0 Å². The first-order valence-corrected chi connectivity index (χ1v) is 5.51. The van der Waals surface area contributed by atoms with Crippen LogP contribution in [-0.2, 0) is 17.7 Å². The van der Waals surface area contributed by atoms with Gasteiger partial charge in [-0.25, -0.2) is 4.79 Å². The summed E-state index contributed by atoms with van der Waals surface area (Å²) < 4.78 is 3.89. The van der Waals surface area contributed by atoms with E-state index >= 15 is 0 Å². The van der Waals surface area contributed by atoms with Gasteiger partial charge in [0.25, 0.3) is 0 Å². The summed E-state index contributed by atoms with van der Waals surface area (Å²) in [7, 11) is 1.22. The van der Waals surface area contributed by atoms with E-state index < -0.39 is 6.09 Å². The van der Waals surface area contributed by atoms with Gasteiger partial charge in [0.15, 0.2) is 0 Å². The number of amides is 1. The van der Waals surface area contributed by atoms with Crippen LogP contribution in [0.5, 0.6) is 0 Å². The molecule has 6 nitrogen and oxygen atoms in total. The molecule has 18 heavy (non-hydrogen) atoms. The smallest absolute Gasteiger partial charge is 0.404 e. The lowest BCUT2D eigenvalue weighted by Crippen LogP contribution is -2.26. The van der Waals surface area contributed by atoms with Gasteiger partial charge in [-0.1, -0.05) is 24.3 Å². The first kappa shape index (κ1) is 16.4. The summed E-state index contributed by atoms with van der Waals surface area (Å²) in [5.74, 6) is 0. The first-order valence-electron chi connectivity index (χ1n) is 5.51. The zero-order valence-electron chi connectivity index (χ0n) is 10.5. The molecule has 0 aromatic heterocycles. The number of hydrogen-bond donors (Lipinski definition) is 4. The van der Waals surface area contributed by atoms with Crippen molar-refractivity contribution in [1.82, 2.24) is 0 Å². The molecule has 0 aliphatic heterocycles. The monoisotopic (exact) mass is 255 g/mol. The number of hydrogen-bond acceptors (Lipinski definition) is 5. The van der Waals surface area contributed by atoms with Crippen LogP contribution in [0.3, 0.4) is 0 Å². The Kier molecular flexibility index (Phi) is 8.55. The Morgan fingerprint density at radius 3 is 2.11 bits per heavy atom. The van der Waals surface area contributed by atoms with Gasteiger partial charge in [-0.05, 0) is 17.5 Å². The number of nitrogens with two attached hydrogens (primary N) is 3. The van der Waals surface area contributed by atoms with Crippen molar-refractivity contribution in [2.24, 2.45) is 17.2 Å². The Balaban J connectivity index is 0.000000494. The highest BCUT2D eigenvalue weighted by molar-refractivity contribution is 5.64. The van der Waals surface area contributed by atoms with Crippen LogP contribution in [0.4, 0.5) is 4.79 Å². The van der Waals surface area contributed by atoms with Crippen LogP contribution in [0.25, 0.3) is 0 Å². The van der Waals surface area contributed by atoms with E-state index in [-0.39, 0.29) is 12.6 Å². The molecule has 6 heteroatoms. The number of aliphatic hydroxyl groups is 1. The Morgan fingerprint density at radius 1 is 1.33 bits per heavy atom. The fourth-order valence-corrected chi connectivity index (χ4v) is 1.18. The van der Waals surface area contributed by atoms with Crippen molar-refractivity contribution in [2.45, 2.75) is 19.0 Å². The van der Waals surface area contributed by atoms with E-state index in [0.717, 1.165) is 11.1 Å². The zero-order valence-corrected chi connectivity index (χ0v) is 10.5. The lowest BCUT2D eigenvalue weighted by Gasteiger charge is -2.07. The van der Waals surface area contributed by atoms with Crippen LogP contribution >= 0.6 is 0 Å².